The van der Waals surface area contributed by atoms with Gasteiger partial charge in [0.25, 0.3) is 0 Å². The van der Waals surface area contributed by atoms with Gasteiger partial charge in [-0.15, -0.1) is 11.6 Å². The highest BCUT2D eigenvalue weighted by Crippen LogP contribution is 2.12. The maximum Gasteiger partial charge on any atom is 0.244 e. The van der Waals surface area contributed by atoms with Crippen molar-refractivity contribution < 1.29 is 12.8 Å². The number of hydrogen-bond acceptors (Lipinski definition) is 2. The first-order chi connectivity index (χ1) is 6.08. The van der Waals surface area contributed by atoms with E-state index in [0.29, 0.717) is 0 Å². The van der Waals surface area contributed by atoms with E-state index in [1.807, 2.05) is 4.72 Å². The van der Waals surface area contributed by atoms with Crippen molar-refractivity contribution in [3.8, 4) is 0 Å². The molecule has 0 saturated carbocycles. The summed E-state index contributed by atoms with van der Waals surface area (Å²) in [6.45, 7) is 0. The highest BCUT2D eigenvalue weighted by molar-refractivity contribution is 7.89. The van der Waals surface area contributed by atoms with Crippen LogP contribution in [0.1, 0.15) is 0 Å². The van der Waals surface area contributed by atoms with Crippen molar-refractivity contribution in [1.82, 2.24) is 4.72 Å². The molecule has 0 unspecified atom stereocenters. The number of halogens is 2. The van der Waals surface area contributed by atoms with Gasteiger partial charge in [-0.05, 0) is 12.1 Å². The van der Waals surface area contributed by atoms with E-state index in [1.165, 1.54) is 18.2 Å². The molecule has 3 nitrogen and oxygen atoms in total. The first-order valence-electron chi connectivity index (χ1n) is 3.38. The fraction of sp³-hybridized carbons (Fsp3) is 0.143. The summed E-state index contributed by atoms with van der Waals surface area (Å²) in [5.41, 5.74) is 0. The molecule has 0 bridgehead atoms. The Kier molecular flexibility index (Phi) is 3.24. The van der Waals surface area contributed by atoms with Crippen LogP contribution >= 0.6 is 11.6 Å². The zero-order chi connectivity index (χ0) is 9.90. The molecule has 0 amide bonds. The minimum absolute atomic E-state index is 0.281. The molecule has 0 aromatic heterocycles. The van der Waals surface area contributed by atoms with Crippen LogP contribution in [0, 0.1) is 5.82 Å². The van der Waals surface area contributed by atoms with E-state index < -0.39 is 20.7 Å². The van der Waals surface area contributed by atoms with E-state index in [1.54, 1.807) is 0 Å². The predicted molar refractivity (Wildman–Crippen MR) is 47.4 cm³/mol. The van der Waals surface area contributed by atoms with Crippen LogP contribution in [0.5, 0.6) is 0 Å². The average Bonchev–Trinajstić information content (AvgIpc) is 2.04. The molecule has 72 valence electrons. The molecule has 1 rings (SSSR count). The van der Waals surface area contributed by atoms with Gasteiger partial charge in [-0.25, -0.2) is 12.8 Å². The van der Waals surface area contributed by atoms with E-state index in [9.17, 15) is 12.8 Å². The Hall–Kier alpha value is -0.650. The molecule has 0 aliphatic carbocycles. The summed E-state index contributed by atoms with van der Waals surface area (Å²) in [4.78, 5) is -0.393. The summed E-state index contributed by atoms with van der Waals surface area (Å²) in [7, 11) is -3.80. The van der Waals surface area contributed by atoms with Crippen LogP contribution in [0.15, 0.2) is 29.2 Å². The normalized spacial score (nSPS) is 11.5. The van der Waals surface area contributed by atoms with Gasteiger partial charge in [0.05, 0.1) is 6.00 Å². The fourth-order valence-corrected chi connectivity index (χ4v) is 2.12. The number of nitrogens with one attached hydrogen (secondary N) is 1. The van der Waals surface area contributed by atoms with Gasteiger partial charge < -0.3 is 0 Å². The van der Waals surface area contributed by atoms with E-state index in [-0.39, 0.29) is 6.00 Å². The van der Waals surface area contributed by atoms with E-state index in [2.05, 4.69) is 0 Å². The molecule has 0 radical (unpaired) electrons. The van der Waals surface area contributed by atoms with Gasteiger partial charge in [0.15, 0.2) is 0 Å². The van der Waals surface area contributed by atoms with Crippen molar-refractivity contribution in [2.75, 3.05) is 6.00 Å². The zero-order valence-corrected chi connectivity index (χ0v) is 8.07. The molecule has 1 aromatic rings. The average molecular weight is 224 g/mol. The van der Waals surface area contributed by atoms with Gasteiger partial charge in [-0.3, -0.25) is 0 Å². The monoisotopic (exact) mass is 223 g/mol. The number of hydrogen-bond donors (Lipinski definition) is 1. The van der Waals surface area contributed by atoms with Crippen LogP contribution in [-0.4, -0.2) is 14.4 Å². The molecule has 1 N–H and O–H groups in total. The Balaban J connectivity index is 3.15. The standard InChI is InChI=1S/C7H7ClFNO2S/c8-5-10-13(11,12)7-4-2-1-3-6(7)9/h1-4,10H,5H2. The van der Waals surface area contributed by atoms with Crippen molar-refractivity contribution in [2.24, 2.45) is 0 Å². The third kappa shape index (κ3) is 2.40. The molecule has 0 atom stereocenters. The van der Waals surface area contributed by atoms with Crippen LogP contribution in [0.4, 0.5) is 4.39 Å². The second-order valence-electron chi connectivity index (χ2n) is 2.21. The molecule has 6 heteroatoms. The number of alkyl halides is 1. The van der Waals surface area contributed by atoms with Gasteiger partial charge >= 0.3 is 0 Å². The lowest BCUT2D eigenvalue weighted by atomic mass is 10.4. The van der Waals surface area contributed by atoms with Crippen LogP contribution < -0.4 is 4.72 Å². The van der Waals surface area contributed by atoms with Gasteiger partial charge in [0.1, 0.15) is 10.7 Å². The summed E-state index contributed by atoms with van der Waals surface area (Å²) in [6.07, 6.45) is 0. The van der Waals surface area contributed by atoms with Gasteiger partial charge in [-0.1, -0.05) is 12.1 Å². The summed E-state index contributed by atoms with van der Waals surface area (Å²) in [5, 5.41) is 0. The SMILES string of the molecule is O=S(=O)(NCCl)c1ccccc1F. The lowest BCUT2D eigenvalue weighted by Gasteiger charge is -2.03. The van der Waals surface area contributed by atoms with Crippen LogP contribution in [0.25, 0.3) is 0 Å². The summed E-state index contributed by atoms with van der Waals surface area (Å²) >= 11 is 5.18. The molecule has 13 heavy (non-hydrogen) atoms. The van der Waals surface area contributed by atoms with E-state index >= 15 is 0 Å². The molecule has 1 aromatic carbocycles. The van der Waals surface area contributed by atoms with Crippen molar-refractivity contribution in [1.29, 1.82) is 0 Å². The Labute approximate surface area is 80.6 Å². The lowest BCUT2D eigenvalue weighted by molar-refractivity contribution is 0.561. The number of sulfonamides is 1. The highest BCUT2D eigenvalue weighted by Gasteiger charge is 2.16. The summed E-state index contributed by atoms with van der Waals surface area (Å²) in [5.74, 6) is -0.792. The van der Waals surface area contributed by atoms with Gasteiger partial charge in [-0.2, -0.15) is 4.72 Å². The molecule has 0 aliphatic rings. The van der Waals surface area contributed by atoms with Crippen LogP contribution in [0.2, 0.25) is 0 Å². The summed E-state index contributed by atoms with van der Waals surface area (Å²) in [6, 6.07) is 4.81. The van der Waals surface area contributed by atoms with E-state index in [0.717, 1.165) is 6.07 Å². The molecule has 0 heterocycles. The minimum atomic E-state index is -3.80. The van der Waals surface area contributed by atoms with E-state index in [4.69, 9.17) is 11.6 Å². The molecule has 0 saturated heterocycles. The highest BCUT2D eigenvalue weighted by atomic mass is 35.5. The van der Waals surface area contributed by atoms with Crippen LogP contribution in [-0.2, 0) is 10.0 Å². The molecular formula is C7H7ClFNO2S. The molecule has 0 spiro atoms. The predicted octanol–water partition coefficient (Wildman–Crippen LogP) is 1.30. The third-order valence-corrected chi connectivity index (χ3v) is 3.10. The first kappa shape index (κ1) is 10.4. The fourth-order valence-electron chi connectivity index (χ4n) is 0.812. The van der Waals surface area contributed by atoms with Crippen molar-refractivity contribution >= 4 is 21.6 Å². The second kappa shape index (κ2) is 4.04. The molecule has 0 aliphatic heterocycles. The molecular weight excluding hydrogens is 217 g/mol. The Bertz CT molecular complexity index is 393. The smallest absolute Gasteiger partial charge is 0.207 e. The molecule has 0 fully saturated rings. The van der Waals surface area contributed by atoms with Crippen molar-refractivity contribution in [2.45, 2.75) is 4.90 Å². The maximum atomic E-state index is 12.9. The number of benzene rings is 1. The van der Waals surface area contributed by atoms with Crippen molar-refractivity contribution in [3.63, 3.8) is 0 Å². The Morgan fingerprint density at radius 3 is 2.54 bits per heavy atom. The number of rotatable bonds is 3. The third-order valence-electron chi connectivity index (χ3n) is 1.37. The van der Waals surface area contributed by atoms with Crippen molar-refractivity contribution in [3.05, 3.63) is 30.1 Å². The minimum Gasteiger partial charge on any atom is -0.207 e. The quantitative estimate of drug-likeness (QED) is 0.620. The Morgan fingerprint density at radius 2 is 2.00 bits per heavy atom. The Morgan fingerprint density at radius 1 is 1.38 bits per heavy atom. The van der Waals surface area contributed by atoms with Gasteiger partial charge in [0.2, 0.25) is 10.0 Å². The zero-order valence-electron chi connectivity index (χ0n) is 6.50. The first-order valence-corrected chi connectivity index (χ1v) is 5.40. The largest absolute Gasteiger partial charge is 0.244 e. The van der Waals surface area contributed by atoms with Gasteiger partial charge in [0, 0.05) is 0 Å². The maximum absolute atomic E-state index is 12.9. The summed E-state index contributed by atoms with van der Waals surface area (Å²) < 4.78 is 37.4. The second-order valence-corrected chi connectivity index (χ2v) is 4.21. The lowest BCUT2D eigenvalue weighted by Crippen LogP contribution is -2.23. The van der Waals surface area contributed by atoms with Crippen LogP contribution in [0.3, 0.4) is 0 Å². The topological polar surface area (TPSA) is 46.2 Å².